The van der Waals surface area contributed by atoms with Crippen LogP contribution >= 0.6 is 0 Å². The van der Waals surface area contributed by atoms with Crippen LogP contribution < -0.4 is 4.74 Å². The molecule has 1 aliphatic rings. The van der Waals surface area contributed by atoms with Crippen LogP contribution in [0.5, 0.6) is 5.75 Å². The smallest absolute Gasteiger partial charge is 0.118 e. The van der Waals surface area contributed by atoms with Gasteiger partial charge >= 0.3 is 0 Å². The van der Waals surface area contributed by atoms with Gasteiger partial charge in [-0.2, -0.15) is 0 Å². The van der Waals surface area contributed by atoms with Crippen LogP contribution in [0.25, 0.3) is 11.3 Å². The van der Waals surface area contributed by atoms with E-state index in [1.807, 2.05) is 37.8 Å². The Balaban J connectivity index is 1.48. The van der Waals surface area contributed by atoms with Crippen molar-refractivity contribution in [3.8, 4) is 5.75 Å². The van der Waals surface area contributed by atoms with Gasteiger partial charge in [0.2, 0.25) is 0 Å². The van der Waals surface area contributed by atoms with E-state index >= 15 is 0 Å². The molecule has 0 aliphatic carbocycles. The third-order valence-corrected chi connectivity index (χ3v) is 5.84. The summed E-state index contributed by atoms with van der Waals surface area (Å²) in [6.45, 7) is 6.05. The molecule has 0 atom stereocenters. The van der Waals surface area contributed by atoms with Crippen LogP contribution in [0.3, 0.4) is 0 Å². The summed E-state index contributed by atoms with van der Waals surface area (Å²) in [5.74, 6) is 0.878. The SMILES string of the molecule is C=C1c2ccc(/C(C=NC)=C/CCc3ccncc3)cc2CN1Cc1ccc(OC)cc1. The Bertz CT molecular complexity index is 1130. The first kappa shape index (κ1) is 21.6. The maximum Gasteiger partial charge on any atom is 0.118 e. The lowest BCUT2D eigenvalue weighted by atomic mass is 9.99. The van der Waals surface area contributed by atoms with Gasteiger partial charge in [0, 0.05) is 50.0 Å². The number of nitrogens with zero attached hydrogens (tertiary/aromatic N) is 3. The van der Waals surface area contributed by atoms with Gasteiger partial charge in [-0.25, -0.2) is 0 Å². The molecule has 0 saturated heterocycles. The van der Waals surface area contributed by atoms with Crippen LogP contribution in [0, 0.1) is 0 Å². The van der Waals surface area contributed by atoms with E-state index in [4.69, 9.17) is 4.74 Å². The van der Waals surface area contributed by atoms with Crippen molar-refractivity contribution in [2.24, 2.45) is 4.99 Å². The zero-order valence-corrected chi connectivity index (χ0v) is 18.8. The lowest BCUT2D eigenvalue weighted by molar-refractivity contribution is 0.401. The molecule has 1 aromatic heterocycles. The Morgan fingerprint density at radius 2 is 1.88 bits per heavy atom. The van der Waals surface area contributed by atoms with Gasteiger partial charge in [-0.1, -0.05) is 36.9 Å². The van der Waals surface area contributed by atoms with Crippen molar-refractivity contribution in [1.29, 1.82) is 0 Å². The Kier molecular flexibility index (Phi) is 6.81. The minimum Gasteiger partial charge on any atom is -0.497 e. The molecule has 2 heterocycles. The lowest BCUT2D eigenvalue weighted by Gasteiger charge is -2.19. The van der Waals surface area contributed by atoms with Crippen molar-refractivity contribution >= 4 is 17.5 Å². The summed E-state index contributed by atoms with van der Waals surface area (Å²) >= 11 is 0. The Morgan fingerprint density at radius 3 is 2.59 bits per heavy atom. The molecule has 4 heteroatoms. The summed E-state index contributed by atoms with van der Waals surface area (Å²) in [4.78, 5) is 10.7. The molecular weight excluding hydrogens is 394 g/mol. The number of hydrogen-bond acceptors (Lipinski definition) is 4. The molecular formula is C28H29N3O. The molecule has 162 valence electrons. The number of aliphatic imine (C=N–C) groups is 1. The van der Waals surface area contributed by atoms with Gasteiger partial charge in [-0.05, 0) is 71.0 Å². The molecule has 3 aromatic rings. The predicted octanol–water partition coefficient (Wildman–Crippen LogP) is 5.79. The van der Waals surface area contributed by atoms with E-state index in [1.165, 1.54) is 27.8 Å². The lowest BCUT2D eigenvalue weighted by Crippen LogP contribution is -2.14. The van der Waals surface area contributed by atoms with Crippen LogP contribution in [-0.4, -0.2) is 30.3 Å². The van der Waals surface area contributed by atoms with Gasteiger partial charge in [0.1, 0.15) is 5.75 Å². The van der Waals surface area contributed by atoms with E-state index in [0.29, 0.717) is 0 Å². The van der Waals surface area contributed by atoms with E-state index in [-0.39, 0.29) is 0 Å². The summed E-state index contributed by atoms with van der Waals surface area (Å²) < 4.78 is 5.27. The van der Waals surface area contributed by atoms with Crippen molar-refractivity contribution in [3.63, 3.8) is 0 Å². The average molecular weight is 424 g/mol. The van der Waals surface area contributed by atoms with Gasteiger partial charge in [0.25, 0.3) is 0 Å². The molecule has 0 fully saturated rings. The van der Waals surface area contributed by atoms with E-state index < -0.39 is 0 Å². The molecule has 1 aliphatic heterocycles. The fraction of sp³-hybridized carbons (Fsp3) is 0.214. The van der Waals surface area contributed by atoms with Crippen molar-refractivity contribution in [1.82, 2.24) is 9.88 Å². The van der Waals surface area contributed by atoms with Crippen LogP contribution in [-0.2, 0) is 19.5 Å². The molecule has 2 aromatic carbocycles. The fourth-order valence-electron chi connectivity index (χ4n) is 4.09. The molecule has 0 unspecified atom stereocenters. The minimum absolute atomic E-state index is 0.831. The highest BCUT2D eigenvalue weighted by Crippen LogP contribution is 2.34. The molecule has 4 nitrogen and oxygen atoms in total. The summed E-state index contributed by atoms with van der Waals surface area (Å²) in [7, 11) is 3.51. The number of fused-ring (bicyclic) bond motifs is 1. The van der Waals surface area contributed by atoms with E-state index in [2.05, 4.69) is 70.0 Å². The highest BCUT2D eigenvalue weighted by atomic mass is 16.5. The van der Waals surface area contributed by atoms with Gasteiger partial charge < -0.3 is 9.64 Å². The number of hydrogen-bond donors (Lipinski definition) is 0. The molecule has 0 spiro atoms. The molecule has 0 saturated carbocycles. The van der Waals surface area contributed by atoms with Gasteiger partial charge in [-0.3, -0.25) is 9.98 Å². The largest absolute Gasteiger partial charge is 0.497 e. The maximum atomic E-state index is 5.27. The normalized spacial score (nSPS) is 13.6. The number of aromatic nitrogens is 1. The number of methoxy groups -OCH3 is 1. The standard InChI is InChI=1S/C28H29N3O/c1-21-28-12-9-24(25(18-29-2)6-4-5-22-13-15-30-16-14-22)17-26(28)20-31(21)19-23-7-10-27(32-3)11-8-23/h6-18H,1,4-5,19-20H2,2-3H3/b25-6+,29-18?. The van der Waals surface area contributed by atoms with E-state index in [9.17, 15) is 0 Å². The minimum atomic E-state index is 0.831. The first-order valence-corrected chi connectivity index (χ1v) is 10.9. The number of aryl methyl sites for hydroxylation is 1. The number of benzene rings is 2. The van der Waals surface area contributed by atoms with Crippen LogP contribution in [0.2, 0.25) is 0 Å². The highest BCUT2D eigenvalue weighted by Gasteiger charge is 2.22. The molecule has 0 N–H and O–H groups in total. The van der Waals surface area contributed by atoms with E-state index in [1.54, 1.807) is 7.11 Å². The second-order valence-electron chi connectivity index (χ2n) is 7.96. The third-order valence-electron chi connectivity index (χ3n) is 5.84. The van der Waals surface area contributed by atoms with Crippen molar-refractivity contribution < 1.29 is 4.74 Å². The van der Waals surface area contributed by atoms with Crippen LogP contribution in [0.15, 0.2) is 84.6 Å². The molecule has 0 radical (unpaired) electrons. The molecule has 32 heavy (non-hydrogen) atoms. The van der Waals surface area contributed by atoms with Gasteiger partial charge in [-0.15, -0.1) is 0 Å². The fourth-order valence-corrected chi connectivity index (χ4v) is 4.09. The van der Waals surface area contributed by atoms with Gasteiger partial charge in [0.05, 0.1) is 7.11 Å². The van der Waals surface area contributed by atoms with Crippen molar-refractivity contribution in [3.05, 3.63) is 107 Å². The van der Waals surface area contributed by atoms with Crippen molar-refractivity contribution in [2.45, 2.75) is 25.9 Å². The Morgan fingerprint density at radius 1 is 1.09 bits per heavy atom. The van der Waals surface area contributed by atoms with Crippen LogP contribution in [0.1, 0.15) is 34.2 Å². The van der Waals surface area contributed by atoms with Gasteiger partial charge in [0.15, 0.2) is 0 Å². The Labute approximate surface area is 190 Å². The second kappa shape index (κ2) is 10.1. The Hall–Kier alpha value is -3.66. The predicted molar refractivity (Wildman–Crippen MR) is 133 cm³/mol. The molecule has 0 bridgehead atoms. The number of allylic oxidation sites excluding steroid dienone is 2. The molecule has 0 amide bonds. The summed E-state index contributed by atoms with van der Waals surface area (Å²) in [6.07, 6.45) is 9.86. The van der Waals surface area contributed by atoms with Crippen molar-refractivity contribution in [2.75, 3.05) is 14.2 Å². The monoisotopic (exact) mass is 423 g/mol. The number of rotatable bonds is 8. The third kappa shape index (κ3) is 4.97. The summed E-state index contributed by atoms with van der Waals surface area (Å²) in [5, 5.41) is 0. The first-order valence-electron chi connectivity index (χ1n) is 10.9. The average Bonchev–Trinajstić information content (AvgIpc) is 3.14. The maximum absolute atomic E-state index is 5.27. The quantitative estimate of drug-likeness (QED) is 0.430. The summed E-state index contributed by atoms with van der Waals surface area (Å²) in [5.41, 5.74) is 8.51. The van der Waals surface area contributed by atoms with E-state index in [0.717, 1.165) is 43.0 Å². The second-order valence-corrected chi connectivity index (χ2v) is 7.96. The number of pyridine rings is 1. The highest BCUT2D eigenvalue weighted by molar-refractivity contribution is 6.09. The zero-order chi connectivity index (χ0) is 22.3. The topological polar surface area (TPSA) is 37.7 Å². The first-order chi connectivity index (χ1) is 15.7. The molecule has 4 rings (SSSR count). The summed E-state index contributed by atoms with van der Waals surface area (Å²) in [6, 6.07) is 19.0. The number of ether oxygens (including phenoxy) is 1. The zero-order valence-electron chi connectivity index (χ0n) is 18.8. The van der Waals surface area contributed by atoms with Crippen LogP contribution in [0.4, 0.5) is 0 Å².